The molecular weight excluding hydrogens is 430 g/mol. The minimum atomic E-state index is -0.267. The van der Waals surface area contributed by atoms with Crippen molar-refractivity contribution in [1.82, 2.24) is 10.2 Å². The van der Waals surface area contributed by atoms with Crippen LogP contribution in [0.3, 0.4) is 0 Å². The van der Waals surface area contributed by atoms with E-state index in [0.29, 0.717) is 41.5 Å². The van der Waals surface area contributed by atoms with Crippen molar-refractivity contribution in [3.8, 4) is 5.75 Å². The lowest BCUT2D eigenvalue weighted by Gasteiger charge is -2.38. The minimum Gasteiger partial charge on any atom is -0.482 e. The summed E-state index contributed by atoms with van der Waals surface area (Å²) in [5, 5.41) is 3.42. The molecule has 7 nitrogen and oxygen atoms in total. The van der Waals surface area contributed by atoms with Gasteiger partial charge in [0.2, 0.25) is 5.91 Å². The molecule has 0 aliphatic carbocycles. The number of ether oxygens (including phenoxy) is 1. The van der Waals surface area contributed by atoms with Gasteiger partial charge in [0.1, 0.15) is 12.3 Å². The van der Waals surface area contributed by atoms with Gasteiger partial charge in [-0.1, -0.05) is 29.8 Å². The van der Waals surface area contributed by atoms with Gasteiger partial charge in [-0.05, 0) is 56.0 Å². The summed E-state index contributed by atoms with van der Waals surface area (Å²) in [7, 11) is 0. The van der Waals surface area contributed by atoms with Crippen LogP contribution in [0.5, 0.6) is 5.75 Å². The van der Waals surface area contributed by atoms with Crippen LogP contribution in [0.15, 0.2) is 48.5 Å². The van der Waals surface area contributed by atoms with Crippen molar-refractivity contribution in [2.75, 3.05) is 31.1 Å². The first-order valence-electron chi connectivity index (χ1n) is 10.9. The summed E-state index contributed by atoms with van der Waals surface area (Å²) in [6.45, 7) is 0.980. The van der Waals surface area contributed by atoms with Gasteiger partial charge < -0.3 is 15.0 Å². The molecule has 0 bridgehead atoms. The molecule has 0 spiro atoms. The SMILES string of the molecule is O=C(NCC[C@H]1CCCCN1C(=O)CN1C(=O)COc2ccc(Cl)cc21)c1ccccc1. The molecule has 32 heavy (non-hydrogen) atoms. The standard InChI is InChI=1S/C24H26ClN3O4/c25-18-9-10-21-20(14-18)28(23(30)16-32-21)15-22(29)27-13-5-4-8-19(27)11-12-26-24(31)17-6-2-1-3-7-17/h1-3,6-7,9-10,14,19H,4-5,8,11-13,15-16H2,(H,26,31)/t19-/m1/s1. The van der Waals surface area contributed by atoms with Gasteiger partial charge in [-0.25, -0.2) is 0 Å². The Balaban J connectivity index is 1.38. The van der Waals surface area contributed by atoms with Crippen LogP contribution in [0, 0.1) is 0 Å². The van der Waals surface area contributed by atoms with Gasteiger partial charge >= 0.3 is 0 Å². The molecule has 2 aliphatic heterocycles. The Bertz CT molecular complexity index is 998. The van der Waals surface area contributed by atoms with Crippen LogP contribution in [-0.2, 0) is 9.59 Å². The molecule has 2 aliphatic rings. The number of benzene rings is 2. The zero-order valence-corrected chi connectivity index (χ0v) is 18.5. The molecule has 1 fully saturated rings. The molecule has 0 saturated carbocycles. The van der Waals surface area contributed by atoms with E-state index in [1.54, 1.807) is 30.3 Å². The highest BCUT2D eigenvalue weighted by Gasteiger charge is 2.32. The molecule has 3 amide bonds. The van der Waals surface area contributed by atoms with Crippen LogP contribution < -0.4 is 15.0 Å². The molecule has 2 aromatic rings. The normalized spacial score (nSPS) is 18.0. The van der Waals surface area contributed by atoms with Crippen LogP contribution in [0.1, 0.15) is 36.0 Å². The minimum absolute atomic E-state index is 0.0299. The number of amides is 3. The smallest absolute Gasteiger partial charge is 0.265 e. The van der Waals surface area contributed by atoms with Gasteiger partial charge in [0.25, 0.3) is 11.8 Å². The number of likely N-dealkylation sites (tertiary alicyclic amines) is 1. The van der Waals surface area contributed by atoms with Gasteiger partial charge in [0.15, 0.2) is 6.61 Å². The third-order valence-corrected chi connectivity index (χ3v) is 6.14. The van der Waals surface area contributed by atoms with E-state index in [2.05, 4.69) is 5.32 Å². The highest BCUT2D eigenvalue weighted by atomic mass is 35.5. The zero-order chi connectivity index (χ0) is 22.5. The largest absolute Gasteiger partial charge is 0.482 e. The van der Waals surface area contributed by atoms with Crippen LogP contribution >= 0.6 is 11.6 Å². The second kappa shape index (κ2) is 10.0. The summed E-state index contributed by atoms with van der Waals surface area (Å²) in [4.78, 5) is 41.3. The maximum Gasteiger partial charge on any atom is 0.265 e. The summed E-state index contributed by atoms with van der Waals surface area (Å²) >= 11 is 6.10. The second-order valence-corrected chi connectivity index (χ2v) is 8.46. The molecule has 2 heterocycles. The van der Waals surface area contributed by atoms with Crippen molar-refractivity contribution in [3.63, 3.8) is 0 Å². The van der Waals surface area contributed by atoms with Crippen LogP contribution in [0.25, 0.3) is 0 Å². The maximum absolute atomic E-state index is 13.2. The number of rotatable bonds is 6. The van der Waals surface area contributed by atoms with Crippen molar-refractivity contribution < 1.29 is 19.1 Å². The van der Waals surface area contributed by atoms with E-state index < -0.39 is 0 Å². The van der Waals surface area contributed by atoms with Crippen molar-refractivity contribution in [2.24, 2.45) is 0 Å². The van der Waals surface area contributed by atoms with Gasteiger partial charge in [0, 0.05) is 29.7 Å². The number of halogens is 1. The number of hydrogen-bond donors (Lipinski definition) is 1. The number of anilines is 1. The molecule has 2 aromatic carbocycles. The Morgan fingerprint density at radius 3 is 2.75 bits per heavy atom. The quantitative estimate of drug-likeness (QED) is 0.725. The lowest BCUT2D eigenvalue weighted by molar-refractivity contribution is -0.135. The first-order chi connectivity index (χ1) is 15.5. The molecule has 1 N–H and O–H groups in total. The number of carbonyl (C=O) groups is 3. The fraction of sp³-hybridized carbons (Fsp3) is 0.375. The lowest BCUT2D eigenvalue weighted by Crippen LogP contribution is -2.51. The van der Waals surface area contributed by atoms with Crippen molar-refractivity contribution in [3.05, 3.63) is 59.1 Å². The number of nitrogens with zero attached hydrogens (tertiary/aromatic N) is 2. The van der Waals surface area contributed by atoms with Crippen LogP contribution in [-0.4, -0.2) is 54.9 Å². The Hall–Kier alpha value is -3.06. The molecule has 8 heteroatoms. The Morgan fingerprint density at radius 2 is 1.94 bits per heavy atom. The number of fused-ring (bicyclic) bond motifs is 1. The van der Waals surface area contributed by atoms with Crippen molar-refractivity contribution in [1.29, 1.82) is 0 Å². The molecule has 1 saturated heterocycles. The Morgan fingerprint density at radius 1 is 1.12 bits per heavy atom. The molecule has 0 unspecified atom stereocenters. The first-order valence-corrected chi connectivity index (χ1v) is 11.3. The molecule has 0 aromatic heterocycles. The van der Waals surface area contributed by atoms with E-state index in [0.717, 1.165) is 19.3 Å². The fourth-order valence-corrected chi connectivity index (χ4v) is 4.41. The average Bonchev–Trinajstić information content (AvgIpc) is 2.81. The van der Waals surface area contributed by atoms with Crippen LogP contribution in [0.4, 0.5) is 5.69 Å². The number of hydrogen-bond acceptors (Lipinski definition) is 4. The van der Waals surface area contributed by atoms with E-state index in [-0.39, 0.29) is 36.9 Å². The predicted molar refractivity (Wildman–Crippen MR) is 122 cm³/mol. The van der Waals surface area contributed by atoms with E-state index in [1.807, 2.05) is 23.1 Å². The topological polar surface area (TPSA) is 79.0 Å². The number of carbonyl (C=O) groups excluding carboxylic acids is 3. The monoisotopic (exact) mass is 455 g/mol. The summed E-state index contributed by atoms with van der Waals surface area (Å²) in [5.74, 6) is 0.0503. The van der Waals surface area contributed by atoms with E-state index in [9.17, 15) is 14.4 Å². The molecule has 4 rings (SSSR count). The van der Waals surface area contributed by atoms with E-state index in [4.69, 9.17) is 16.3 Å². The zero-order valence-electron chi connectivity index (χ0n) is 17.8. The highest BCUT2D eigenvalue weighted by Crippen LogP contribution is 2.34. The Kier molecular flexibility index (Phi) is 6.95. The molecule has 1 atom stereocenters. The predicted octanol–water partition coefficient (Wildman–Crippen LogP) is 3.27. The fourth-order valence-electron chi connectivity index (χ4n) is 4.25. The Labute approximate surface area is 192 Å². The second-order valence-electron chi connectivity index (χ2n) is 8.03. The summed E-state index contributed by atoms with van der Waals surface area (Å²) in [6.07, 6.45) is 3.52. The lowest BCUT2D eigenvalue weighted by atomic mass is 9.99. The van der Waals surface area contributed by atoms with Crippen molar-refractivity contribution >= 4 is 35.0 Å². The maximum atomic E-state index is 13.2. The third kappa shape index (κ3) is 5.05. The molecule has 0 radical (unpaired) electrons. The van der Waals surface area contributed by atoms with Crippen LogP contribution in [0.2, 0.25) is 5.02 Å². The summed E-state index contributed by atoms with van der Waals surface area (Å²) in [6, 6.07) is 14.2. The third-order valence-electron chi connectivity index (χ3n) is 5.90. The highest BCUT2D eigenvalue weighted by molar-refractivity contribution is 6.31. The van der Waals surface area contributed by atoms with Gasteiger partial charge in [-0.2, -0.15) is 0 Å². The summed E-state index contributed by atoms with van der Waals surface area (Å²) in [5.41, 5.74) is 1.14. The van der Waals surface area contributed by atoms with Gasteiger partial charge in [-0.3, -0.25) is 19.3 Å². The van der Waals surface area contributed by atoms with Gasteiger partial charge in [-0.15, -0.1) is 0 Å². The van der Waals surface area contributed by atoms with Gasteiger partial charge in [0.05, 0.1) is 5.69 Å². The summed E-state index contributed by atoms with van der Waals surface area (Å²) < 4.78 is 5.47. The average molecular weight is 456 g/mol. The molecular formula is C24H26ClN3O4. The number of nitrogens with one attached hydrogen (secondary N) is 1. The van der Waals surface area contributed by atoms with E-state index >= 15 is 0 Å². The molecule has 168 valence electrons. The number of piperidine rings is 1. The van der Waals surface area contributed by atoms with E-state index in [1.165, 1.54) is 4.90 Å². The first kappa shape index (κ1) is 22.1. The van der Waals surface area contributed by atoms with Crippen molar-refractivity contribution in [2.45, 2.75) is 31.7 Å².